The number of carbonyl (C=O) groups excluding carboxylic acids is 3. The zero-order valence-corrected chi connectivity index (χ0v) is 12.5. The van der Waals surface area contributed by atoms with Crippen LogP contribution in [-0.2, 0) is 7.05 Å². The molecular weight excluding hydrogens is 298 g/mol. The molecule has 116 valence electrons. The van der Waals surface area contributed by atoms with E-state index >= 15 is 0 Å². The minimum atomic E-state index is -0.465. The Morgan fingerprint density at radius 1 is 0.957 bits per heavy atom. The fourth-order valence-electron chi connectivity index (χ4n) is 2.33. The predicted molar refractivity (Wildman–Crippen MR) is 82.5 cm³/mol. The number of rotatable bonds is 2. The van der Waals surface area contributed by atoms with E-state index in [2.05, 4.69) is 5.32 Å². The van der Waals surface area contributed by atoms with E-state index < -0.39 is 11.8 Å². The van der Waals surface area contributed by atoms with Gasteiger partial charge in [0.25, 0.3) is 23.3 Å². The summed E-state index contributed by atoms with van der Waals surface area (Å²) >= 11 is 0. The van der Waals surface area contributed by atoms with Crippen LogP contribution in [0.25, 0.3) is 0 Å². The molecule has 0 spiro atoms. The van der Waals surface area contributed by atoms with Crippen LogP contribution in [0, 0.1) is 0 Å². The lowest BCUT2D eigenvalue weighted by molar-refractivity contribution is 0.0692. The zero-order valence-electron chi connectivity index (χ0n) is 12.5. The van der Waals surface area contributed by atoms with Gasteiger partial charge in [0.15, 0.2) is 0 Å². The number of aromatic nitrogens is 1. The van der Waals surface area contributed by atoms with Crippen LogP contribution in [0.4, 0.5) is 5.69 Å². The van der Waals surface area contributed by atoms with Crippen molar-refractivity contribution < 1.29 is 14.4 Å². The van der Waals surface area contributed by atoms with Gasteiger partial charge in [0, 0.05) is 37.6 Å². The zero-order chi connectivity index (χ0) is 16.7. The minimum absolute atomic E-state index is 0.216. The fraction of sp³-hybridized carbons (Fsp3) is 0.125. The Hall–Kier alpha value is -3.22. The molecule has 2 aromatic rings. The molecule has 0 bridgehead atoms. The number of pyridine rings is 1. The number of anilines is 1. The number of amides is 3. The van der Waals surface area contributed by atoms with Crippen LogP contribution in [0.1, 0.15) is 31.1 Å². The topological polar surface area (TPSA) is 88.5 Å². The molecule has 0 unspecified atom stereocenters. The van der Waals surface area contributed by atoms with Crippen molar-refractivity contribution in [1.82, 2.24) is 9.47 Å². The quantitative estimate of drug-likeness (QED) is 0.833. The summed E-state index contributed by atoms with van der Waals surface area (Å²) in [5.74, 6) is -1.24. The van der Waals surface area contributed by atoms with Gasteiger partial charge in [-0.15, -0.1) is 0 Å². The average Bonchev–Trinajstić information content (AvgIpc) is 2.74. The number of imide groups is 1. The highest BCUT2D eigenvalue weighted by molar-refractivity contribution is 6.21. The summed E-state index contributed by atoms with van der Waals surface area (Å²) in [4.78, 5) is 48.5. The molecule has 0 radical (unpaired) electrons. The van der Waals surface area contributed by atoms with Crippen molar-refractivity contribution in [1.29, 1.82) is 0 Å². The van der Waals surface area contributed by atoms with Crippen LogP contribution in [0.3, 0.4) is 0 Å². The van der Waals surface area contributed by atoms with Crippen LogP contribution < -0.4 is 10.9 Å². The molecule has 7 heteroatoms. The first-order valence-electron chi connectivity index (χ1n) is 6.83. The van der Waals surface area contributed by atoms with Crippen molar-refractivity contribution >= 4 is 23.4 Å². The lowest BCUT2D eigenvalue weighted by Gasteiger charge is -2.06. The van der Waals surface area contributed by atoms with E-state index in [1.807, 2.05) is 0 Å². The number of carbonyl (C=O) groups is 3. The summed E-state index contributed by atoms with van der Waals surface area (Å²) < 4.78 is 1.35. The Kier molecular flexibility index (Phi) is 3.33. The molecule has 1 aliphatic rings. The van der Waals surface area contributed by atoms with E-state index in [4.69, 9.17) is 0 Å². The highest BCUT2D eigenvalue weighted by Crippen LogP contribution is 2.24. The second kappa shape index (κ2) is 5.20. The summed E-state index contributed by atoms with van der Waals surface area (Å²) in [6, 6.07) is 7.25. The molecular formula is C16H13N3O4. The Balaban J connectivity index is 1.88. The summed E-state index contributed by atoms with van der Waals surface area (Å²) in [5, 5.41) is 2.62. The van der Waals surface area contributed by atoms with Gasteiger partial charge in [0.2, 0.25) is 0 Å². The molecule has 3 amide bonds. The molecule has 23 heavy (non-hydrogen) atoms. The molecule has 1 aliphatic heterocycles. The third kappa shape index (κ3) is 2.42. The number of hydrogen-bond donors (Lipinski definition) is 1. The van der Waals surface area contributed by atoms with E-state index in [1.54, 1.807) is 13.1 Å². The summed E-state index contributed by atoms with van der Waals surface area (Å²) in [6.07, 6.45) is 1.50. The van der Waals surface area contributed by atoms with Crippen LogP contribution in [0.5, 0.6) is 0 Å². The summed E-state index contributed by atoms with van der Waals surface area (Å²) in [6.45, 7) is 0. The van der Waals surface area contributed by atoms with Gasteiger partial charge in [-0.05, 0) is 24.3 Å². The van der Waals surface area contributed by atoms with Gasteiger partial charge < -0.3 is 9.88 Å². The first kappa shape index (κ1) is 14.7. The average molecular weight is 311 g/mol. The van der Waals surface area contributed by atoms with Gasteiger partial charge in [-0.2, -0.15) is 0 Å². The van der Waals surface area contributed by atoms with Crippen LogP contribution >= 0.6 is 0 Å². The standard InChI is InChI=1S/C16H13N3O4/c1-18-6-5-9(7-13(18)20)14(21)17-10-3-4-11-12(8-10)16(23)19(2)15(11)22/h3-8H,1-2H3,(H,17,21). The molecule has 1 aromatic heterocycles. The van der Waals surface area contributed by atoms with Gasteiger partial charge >= 0.3 is 0 Å². The molecule has 0 saturated heterocycles. The van der Waals surface area contributed by atoms with Crippen molar-refractivity contribution in [2.45, 2.75) is 0 Å². The number of hydrogen-bond acceptors (Lipinski definition) is 4. The summed E-state index contributed by atoms with van der Waals surface area (Å²) in [5.41, 5.74) is 0.858. The normalized spacial score (nSPS) is 13.2. The number of aryl methyl sites for hydroxylation is 1. The van der Waals surface area contributed by atoms with Crippen molar-refractivity contribution in [2.24, 2.45) is 7.05 Å². The molecule has 2 heterocycles. The first-order chi connectivity index (χ1) is 10.9. The Bertz CT molecular complexity index is 914. The monoisotopic (exact) mass is 311 g/mol. The third-order valence-corrected chi connectivity index (χ3v) is 3.71. The predicted octanol–water partition coefficient (Wildman–Crippen LogP) is 0.863. The molecule has 0 atom stereocenters. The Morgan fingerprint density at radius 2 is 1.65 bits per heavy atom. The van der Waals surface area contributed by atoms with E-state index in [0.29, 0.717) is 11.3 Å². The molecule has 0 saturated carbocycles. The highest BCUT2D eigenvalue weighted by atomic mass is 16.2. The second-order valence-corrected chi connectivity index (χ2v) is 5.25. The number of nitrogens with one attached hydrogen (secondary N) is 1. The SMILES string of the molecule is CN1C(=O)c2ccc(NC(=O)c3ccn(C)c(=O)c3)cc2C1=O. The van der Waals surface area contributed by atoms with Gasteiger partial charge in [-0.3, -0.25) is 24.1 Å². The van der Waals surface area contributed by atoms with E-state index in [-0.39, 0.29) is 22.6 Å². The second-order valence-electron chi connectivity index (χ2n) is 5.25. The maximum Gasteiger partial charge on any atom is 0.261 e. The van der Waals surface area contributed by atoms with Crippen LogP contribution in [0.2, 0.25) is 0 Å². The Labute approximate surface area is 131 Å². The fourth-order valence-corrected chi connectivity index (χ4v) is 2.33. The van der Waals surface area contributed by atoms with E-state index in [1.165, 1.54) is 42.1 Å². The Morgan fingerprint density at radius 3 is 2.35 bits per heavy atom. The van der Waals surface area contributed by atoms with Crippen LogP contribution in [-0.4, -0.2) is 34.2 Å². The van der Waals surface area contributed by atoms with Gasteiger partial charge in [0.05, 0.1) is 11.1 Å². The molecule has 7 nitrogen and oxygen atoms in total. The van der Waals surface area contributed by atoms with Crippen molar-refractivity contribution in [3.63, 3.8) is 0 Å². The van der Waals surface area contributed by atoms with Crippen molar-refractivity contribution in [2.75, 3.05) is 12.4 Å². The van der Waals surface area contributed by atoms with Crippen LogP contribution in [0.15, 0.2) is 41.3 Å². The molecule has 3 rings (SSSR count). The minimum Gasteiger partial charge on any atom is -0.322 e. The largest absolute Gasteiger partial charge is 0.322 e. The third-order valence-electron chi connectivity index (χ3n) is 3.71. The van der Waals surface area contributed by atoms with E-state index in [0.717, 1.165) is 4.90 Å². The highest BCUT2D eigenvalue weighted by Gasteiger charge is 2.32. The molecule has 0 aliphatic carbocycles. The van der Waals surface area contributed by atoms with Gasteiger partial charge in [-0.1, -0.05) is 0 Å². The lowest BCUT2D eigenvalue weighted by Crippen LogP contribution is -2.24. The number of fused-ring (bicyclic) bond motifs is 1. The smallest absolute Gasteiger partial charge is 0.261 e. The maximum atomic E-state index is 12.2. The molecule has 1 aromatic carbocycles. The lowest BCUT2D eigenvalue weighted by atomic mass is 10.1. The van der Waals surface area contributed by atoms with Gasteiger partial charge in [0.1, 0.15) is 0 Å². The van der Waals surface area contributed by atoms with Crippen molar-refractivity contribution in [3.05, 3.63) is 63.6 Å². The number of benzene rings is 1. The van der Waals surface area contributed by atoms with Crippen molar-refractivity contribution in [3.8, 4) is 0 Å². The van der Waals surface area contributed by atoms with Gasteiger partial charge in [-0.25, -0.2) is 0 Å². The summed E-state index contributed by atoms with van der Waals surface area (Å²) in [7, 11) is 2.99. The van der Waals surface area contributed by atoms with E-state index in [9.17, 15) is 19.2 Å². The first-order valence-corrected chi connectivity index (χ1v) is 6.83. The number of nitrogens with zero attached hydrogens (tertiary/aromatic N) is 2. The molecule has 0 fully saturated rings. The molecule has 1 N–H and O–H groups in total. The maximum absolute atomic E-state index is 12.2.